The number of piperidine rings is 4. The lowest BCUT2D eigenvalue weighted by Gasteiger charge is -2.30. The molecular formula is C63H81N17O4S3. The maximum atomic E-state index is 10.8. The fraction of sp³-hybridized carbons (Fsp3) is 0.413. The predicted molar refractivity (Wildman–Crippen MR) is 359 cm³/mol. The molecule has 4 aromatic carbocycles. The Morgan fingerprint density at radius 3 is 1.46 bits per heavy atom. The number of nitrogens with one attached hydrogen (secondary N) is 3. The molecule has 0 amide bonds. The molecule has 7 N–H and O–H groups in total. The Hall–Kier alpha value is -7.58. The quantitative estimate of drug-likeness (QED) is 0.0265. The van der Waals surface area contributed by atoms with Gasteiger partial charge in [-0.1, -0.05) is 18.2 Å². The molecule has 5 aromatic heterocycles. The minimum Gasteiger partial charge on any atom is -0.399 e. The molecule has 4 saturated heterocycles. The minimum atomic E-state index is -0.435. The van der Waals surface area contributed by atoms with E-state index in [1.807, 2.05) is 72.4 Å². The van der Waals surface area contributed by atoms with Crippen LogP contribution in [0, 0.1) is 31.0 Å². The van der Waals surface area contributed by atoms with Crippen LogP contribution < -0.4 is 16.8 Å². The number of likely N-dealkylation sites (tertiary alicyclic amines) is 4. The van der Waals surface area contributed by atoms with E-state index in [9.17, 15) is 20.2 Å². The van der Waals surface area contributed by atoms with Gasteiger partial charge in [-0.25, -0.2) is 15.0 Å². The first kappa shape index (κ1) is 63.9. The Kier molecular flexibility index (Phi) is 22.3. The zero-order valence-electron chi connectivity index (χ0n) is 50.3. The van der Waals surface area contributed by atoms with Gasteiger partial charge in [0, 0.05) is 65.4 Å². The Morgan fingerprint density at radius 1 is 0.575 bits per heavy atom. The molecule has 4 aliphatic rings. The normalized spacial score (nSPS) is 16.8. The van der Waals surface area contributed by atoms with E-state index in [1.54, 1.807) is 46.9 Å². The minimum absolute atomic E-state index is 0.0291. The fourth-order valence-electron chi connectivity index (χ4n) is 11.5. The van der Waals surface area contributed by atoms with Gasteiger partial charge in [0.25, 0.3) is 11.4 Å². The number of anilines is 3. The number of benzene rings is 4. The summed E-state index contributed by atoms with van der Waals surface area (Å²) in [7, 11) is 8.61. The second kappa shape index (κ2) is 30.4. The van der Waals surface area contributed by atoms with Crippen molar-refractivity contribution in [2.75, 3.05) is 104 Å². The van der Waals surface area contributed by atoms with Crippen LogP contribution in [0.4, 0.5) is 28.4 Å². The lowest BCUT2D eigenvalue weighted by atomic mass is 10.0. The summed E-state index contributed by atoms with van der Waals surface area (Å²) in [6, 6.07) is 31.8. The molecule has 0 aliphatic carbocycles. The first-order valence-electron chi connectivity index (χ1n) is 29.6. The van der Waals surface area contributed by atoms with Gasteiger partial charge in [0.05, 0.1) is 83.9 Å². The number of nitro benzene ring substituents is 2. The first-order valence-corrected chi connectivity index (χ1v) is 32.6. The number of nitrogen functional groups attached to an aromatic ring is 2. The number of nitrogens with two attached hydrogens (primary N) is 2. The van der Waals surface area contributed by atoms with E-state index in [1.165, 1.54) is 73.7 Å². The molecule has 24 heteroatoms. The van der Waals surface area contributed by atoms with Crippen molar-refractivity contribution >= 4 is 107 Å². The lowest BCUT2D eigenvalue weighted by molar-refractivity contribution is -0.384. The summed E-state index contributed by atoms with van der Waals surface area (Å²) < 4.78 is 6.81. The Bertz CT molecular complexity index is 3700. The number of aromatic nitrogens is 6. The van der Waals surface area contributed by atoms with Crippen LogP contribution in [0.3, 0.4) is 0 Å². The standard InChI is InChI=1S/C19H22N4S.C13H16N4O2.C13H18N4.C12H18N4O2.C6H7NS2/c1-22-8-6-15(7-9-22)23-13-21-17-12-14(4-5-18(17)23)11-16(20)19-3-2-10-24-19;1-15-6-4-10(5-7-15)16-9-14-12-8-11(17(18)19)2-3-13(12)16;1-16-6-4-11(5-7-16)17-9-15-12-8-10(14)2-3-13(12)17;1-15-6-4-9(5-7-15)14-12-3-2-10(16(17)18)8-11(12)13;1-8-6(7)5-3-2-4-9-5/h2-5,10,12-13,15,20H,6-9,11H2,1H3;2-3,8-10H,4-7H2,1H3;2-3,8-9,11H,4-7,14H2,1H3;2-3,8-9,14H,4-7,13H2,1H3;2-4,7H,1H3. The molecule has 0 spiro atoms. The average molecular weight is 1240 g/mol. The SMILES string of the molecule is CN1CCC(Nc2ccc([N+](=O)[O-])cc2N)CC1.CN1CCC(n2cnc3cc(CC(=N)c4cccs4)ccc32)CC1.CN1CCC(n2cnc3cc(N)ccc32)CC1.CN1CCC(n2cnc3cc([N+](=O)[O-])ccc32)CC1.CSC(=N)c1cccs1. The number of nitrogens with zero attached hydrogens (tertiary/aromatic N) is 12. The van der Waals surface area contributed by atoms with Gasteiger partial charge in [0.2, 0.25) is 0 Å². The highest BCUT2D eigenvalue weighted by atomic mass is 32.2. The predicted octanol–water partition coefficient (Wildman–Crippen LogP) is 12.2. The Morgan fingerprint density at radius 2 is 1.00 bits per heavy atom. The van der Waals surface area contributed by atoms with Crippen molar-refractivity contribution in [3.05, 3.63) is 162 Å². The molecular weight excluding hydrogens is 1160 g/mol. The fourth-order valence-corrected chi connectivity index (χ4v) is 13.4. The number of imidazole rings is 3. The summed E-state index contributed by atoms with van der Waals surface area (Å²) in [6.45, 7) is 8.92. The van der Waals surface area contributed by atoms with Crippen LogP contribution in [0.1, 0.15) is 84.8 Å². The van der Waals surface area contributed by atoms with Crippen LogP contribution in [0.5, 0.6) is 0 Å². The third-order valence-electron chi connectivity index (χ3n) is 16.7. The summed E-state index contributed by atoms with van der Waals surface area (Å²) in [5.41, 5.74) is 21.7. The van der Waals surface area contributed by atoms with Crippen molar-refractivity contribution in [2.24, 2.45) is 0 Å². The smallest absolute Gasteiger partial charge is 0.271 e. The number of hydrogen-bond acceptors (Lipinski definition) is 19. The van der Waals surface area contributed by atoms with Crippen LogP contribution >= 0.6 is 34.4 Å². The van der Waals surface area contributed by atoms with Crippen molar-refractivity contribution in [1.29, 1.82) is 10.8 Å². The van der Waals surface area contributed by atoms with E-state index in [0.717, 1.165) is 108 Å². The van der Waals surface area contributed by atoms with Gasteiger partial charge in [-0.15, -0.1) is 34.4 Å². The maximum absolute atomic E-state index is 10.8. The van der Waals surface area contributed by atoms with Crippen LogP contribution in [0.15, 0.2) is 127 Å². The lowest BCUT2D eigenvalue weighted by Crippen LogP contribution is -2.36. The summed E-state index contributed by atoms with van der Waals surface area (Å²) in [4.78, 5) is 45.4. The van der Waals surface area contributed by atoms with Gasteiger partial charge >= 0.3 is 0 Å². The summed E-state index contributed by atoms with van der Waals surface area (Å²) in [6.07, 6.45) is 17.4. The number of nitro groups is 2. The zero-order valence-corrected chi connectivity index (χ0v) is 52.8. The second-order valence-corrected chi connectivity index (χ2v) is 25.7. The van der Waals surface area contributed by atoms with E-state index in [-0.39, 0.29) is 16.3 Å². The van der Waals surface area contributed by atoms with E-state index < -0.39 is 4.92 Å². The molecule has 0 radical (unpaired) electrons. The van der Waals surface area contributed by atoms with Crippen molar-refractivity contribution in [3.8, 4) is 0 Å². The molecule has 13 rings (SSSR count). The van der Waals surface area contributed by atoms with Crippen molar-refractivity contribution in [1.82, 2.24) is 48.3 Å². The molecule has 0 atom stereocenters. The molecule has 4 fully saturated rings. The van der Waals surface area contributed by atoms with Gasteiger partial charge in [0.1, 0.15) is 5.04 Å². The first-order chi connectivity index (χ1) is 42.0. The van der Waals surface area contributed by atoms with E-state index in [0.29, 0.717) is 52.5 Å². The van der Waals surface area contributed by atoms with Gasteiger partial charge in [-0.2, -0.15) is 0 Å². The highest BCUT2D eigenvalue weighted by molar-refractivity contribution is 8.14. The number of hydrogen-bond donors (Lipinski definition) is 5. The van der Waals surface area contributed by atoms with Crippen LogP contribution in [-0.4, -0.2) is 162 Å². The monoisotopic (exact) mass is 1240 g/mol. The average Bonchev–Trinajstić information content (AvgIpc) is 2.06. The molecule has 4 aliphatic heterocycles. The zero-order chi connectivity index (χ0) is 61.6. The number of fused-ring (bicyclic) bond motifs is 3. The highest BCUT2D eigenvalue weighted by Gasteiger charge is 2.24. The molecule has 9 aromatic rings. The molecule has 9 heterocycles. The summed E-state index contributed by atoms with van der Waals surface area (Å²) in [5.74, 6) is 0. The summed E-state index contributed by atoms with van der Waals surface area (Å²) >= 11 is 4.72. The second-order valence-electron chi connectivity index (χ2n) is 23.0. The van der Waals surface area contributed by atoms with Gasteiger partial charge in [-0.3, -0.25) is 25.6 Å². The van der Waals surface area contributed by atoms with E-state index in [2.05, 4.69) is 106 Å². The van der Waals surface area contributed by atoms with Gasteiger partial charge in [-0.05, 0) is 209 Å². The van der Waals surface area contributed by atoms with Crippen LogP contribution in [0.2, 0.25) is 0 Å². The summed E-state index contributed by atoms with van der Waals surface area (Å²) in [5, 5.41) is 45.0. The topological polar surface area (TPSA) is 264 Å². The van der Waals surface area contributed by atoms with E-state index in [4.69, 9.17) is 22.3 Å². The molecule has 0 unspecified atom stereocenters. The Balaban J connectivity index is 0.000000133. The largest absolute Gasteiger partial charge is 0.399 e. The Labute approximate surface area is 520 Å². The molecule has 0 bridgehead atoms. The number of non-ortho nitro benzene ring substituents is 2. The third kappa shape index (κ3) is 17.1. The third-order valence-corrected chi connectivity index (χ3v) is 19.3. The van der Waals surface area contributed by atoms with Crippen molar-refractivity contribution in [3.63, 3.8) is 0 Å². The van der Waals surface area contributed by atoms with Crippen molar-refractivity contribution < 1.29 is 9.85 Å². The van der Waals surface area contributed by atoms with Crippen LogP contribution in [-0.2, 0) is 6.42 Å². The molecule has 460 valence electrons. The molecule has 21 nitrogen and oxygen atoms in total. The number of thiophene rings is 2. The number of thioether (sulfide) groups is 1. The van der Waals surface area contributed by atoms with Gasteiger partial charge in [0.15, 0.2) is 0 Å². The van der Waals surface area contributed by atoms with Crippen molar-refractivity contribution in [2.45, 2.75) is 82.0 Å². The van der Waals surface area contributed by atoms with Crippen LogP contribution in [0.25, 0.3) is 33.1 Å². The molecule has 0 saturated carbocycles. The highest BCUT2D eigenvalue weighted by Crippen LogP contribution is 2.31. The van der Waals surface area contributed by atoms with E-state index >= 15 is 0 Å². The van der Waals surface area contributed by atoms with Gasteiger partial charge < -0.3 is 55.5 Å². The number of rotatable bonds is 11. The maximum Gasteiger partial charge on any atom is 0.271 e. The molecule has 87 heavy (non-hydrogen) atoms.